The van der Waals surface area contributed by atoms with E-state index in [1.807, 2.05) is 0 Å². The third kappa shape index (κ3) is 52.5. The molecule has 0 amide bonds. The zero-order valence-electron chi connectivity index (χ0n) is 13.7. The number of ether oxygens (including phenoxy) is 3. The van der Waals surface area contributed by atoms with Gasteiger partial charge in [0, 0.05) is 32.7 Å². The van der Waals surface area contributed by atoms with Crippen LogP contribution in [0, 0.1) is 0 Å². The number of Topliss-reactive ketones (excluding diaryl/α,β-unsaturated/α-hetero) is 1. The van der Waals surface area contributed by atoms with Gasteiger partial charge in [-0.2, -0.15) is 0 Å². The van der Waals surface area contributed by atoms with Gasteiger partial charge in [0.05, 0.1) is 6.61 Å². The van der Waals surface area contributed by atoms with E-state index in [0.29, 0.717) is 0 Å². The van der Waals surface area contributed by atoms with Crippen molar-refractivity contribution < 1.29 is 85.9 Å². The molecule has 0 aliphatic carbocycles. The van der Waals surface area contributed by atoms with Gasteiger partial charge >= 0.3 is 29.8 Å². The second-order valence-corrected chi connectivity index (χ2v) is 3.98. The molecule has 0 aromatic heterocycles. The van der Waals surface area contributed by atoms with Crippen LogP contribution in [0.4, 0.5) is 0 Å². The molecule has 0 atom stereocenters. The molecule has 0 aliphatic heterocycles. The van der Waals surface area contributed by atoms with Gasteiger partial charge in [-0.15, -0.1) is 0 Å². The summed E-state index contributed by atoms with van der Waals surface area (Å²) in [4.78, 5) is 61.7. The maximum absolute atomic E-state index is 10.7. The Morgan fingerprint density at radius 1 is 0.613 bits per heavy atom. The van der Waals surface area contributed by atoms with E-state index in [9.17, 15) is 28.8 Å². The number of rotatable bonds is 9. The molecule has 0 aliphatic rings. The molecular weight excluding hydrogens is 493 g/mol. The van der Waals surface area contributed by atoms with Gasteiger partial charge in [-0.05, 0) is 13.8 Å². The smallest absolute Gasteiger partial charge is 0.320 e. The maximum atomic E-state index is 10.7. The van der Waals surface area contributed by atoms with Crippen LogP contribution < -0.4 is 0 Å². The molecule has 0 unspecified atom stereocenters. The van der Waals surface area contributed by atoms with E-state index in [2.05, 4.69) is 14.2 Å². The molecule has 2 N–H and O–H groups in total. The number of hydrogen-bond acceptors (Lipinski definition) is 9. The second-order valence-electron chi connectivity index (χ2n) is 3.98. The molecule has 0 aromatic rings. The average molecular weight is 535 g/mol. The third-order valence-corrected chi connectivity index (χ3v) is 1.73. The van der Waals surface area contributed by atoms with Gasteiger partial charge in [0.1, 0.15) is 25.0 Å². The molecule has 187 valence electrons. The van der Waals surface area contributed by atoms with E-state index in [4.69, 9.17) is 10.2 Å². The minimum Gasteiger partial charge on any atom is -0.481 e. The molecule has 31 heavy (non-hydrogen) atoms. The van der Waals surface area contributed by atoms with Crippen LogP contribution in [0.25, 0.3) is 0 Å². The summed E-state index contributed by atoms with van der Waals surface area (Å²) in [6.07, 6.45) is -1.76. The number of ketones is 1. The minimum atomic E-state index is -1.34. The molecule has 12 heteroatoms. The van der Waals surface area contributed by atoms with Crippen LogP contribution in [-0.4, -0.2) is 59.2 Å². The first kappa shape index (κ1) is 56.9. The average Bonchev–Trinajstić information content (AvgIpc) is 2.36. The molecule has 0 heterocycles. The topological polar surface area (TPSA) is 171 Å². The molecule has 0 fully saturated rings. The molecule has 0 aromatic carbocycles. The van der Waals surface area contributed by atoms with E-state index < -0.39 is 55.9 Å². The van der Waals surface area contributed by atoms with Gasteiger partial charge in [-0.3, -0.25) is 28.8 Å². The molecule has 0 spiro atoms. The van der Waals surface area contributed by atoms with Gasteiger partial charge in [0.25, 0.3) is 0 Å². The molecule has 11 nitrogen and oxygen atoms in total. The number of carbonyl (C=O) groups is 6. The van der Waals surface area contributed by atoms with Crippen molar-refractivity contribution in [1.29, 1.82) is 0 Å². The maximum Gasteiger partial charge on any atom is 0.320 e. The Hall–Kier alpha value is -1.88. The first-order valence-corrected chi connectivity index (χ1v) is 6.48. The number of esters is 3. The quantitative estimate of drug-likeness (QED) is 0.252. The Kier molecular flexibility index (Phi) is 65.2. The van der Waals surface area contributed by atoms with Crippen LogP contribution in [-0.2, 0) is 75.7 Å². The van der Waals surface area contributed by atoms with Gasteiger partial charge < -0.3 is 24.4 Å². The van der Waals surface area contributed by atoms with E-state index in [1.54, 1.807) is 6.92 Å². The van der Waals surface area contributed by atoms with Gasteiger partial charge in [-0.1, -0.05) is 44.6 Å². The molecule has 0 saturated heterocycles. The van der Waals surface area contributed by atoms with Crippen LogP contribution in [0.1, 0.15) is 77.7 Å². The van der Waals surface area contributed by atoms with Gasteiger partial charge in [0.15, 0.2) is 0 Å². The zero-order chi connectivity index (χ0) is 19.1. The number of carboxylic acids is 2. The summed E-state index contributed by atoms with van der Waals surface area (Å²) in [5, 5.41) is 16.2. The van der Waals surface area contributed by atoms with E-state index in [1.165, 1.54) is 6.92 Å². The van der Waals surface area contributed by atoms with Crippen molar-refractivity contribution in [2.24, 2.45) is 0 Å². The van der Waals surface area contributed by atoms with Crippen LogP contribution in [0.5, 0.6) is 0 Å². The van der Waals surface area contributed by atoms with Crippen molar-refractivity contribution >= 4 is 35.6 Å². The van der Waals surface area contributed by atoms with Crippen LogP contribution in [0.15, 0.2) is 0 Å². The fraction of sp³-hybridized carbons (Fsp3) is 0.684. The van der Waals surface area contributed by atoms with Gasteiger partial charge in [-0.25, -0.2) is 0 Å². The second kappa shape index (κ2) is 35.6. The number of hydrogen-bond donors (Lipinski definition) is 2. The summed E-state index contributed by atoms with van der Waals surface area (Å²) >= 11 is 0. The largest absolute Gasteiger partial charge is 0.481 e. The Balaban J connectivity index is -0.0000000389. The molecule has 1 radical (unpaired) electrons. The van der Waals surface area contributed by atoms with Crippen molar-refractivity contribution in [2.75, 3.05) is 13.4 Å². The summed E-state index contributed by atoms with van der Waals surface area (Å²) in [5.41, 5.74) is 0. The van der Waals surface area contributed by atoms with E-state index in [-0.39, 0.29) is 89.7 Å². The predicted octanol–water partition coefficient (Wildman–Crippen LogP) is 3.32. The third-order valence-electron chi connectivity index (χ3n) is 1.73. The Morgan fingerprint density at radius 3 is 1.16 bits per heavy atom. The normalized spacial score (nSPS) is 6.90. The zero-order valence-corrected chi connectivity index (χ0v) is 16.5. The van der Waals surface area contributed by atoms with Crippen molar-refractivity contribution in [3.8, 4) is 0 Å². The van der Waals surface area contributed by atoms with E-state index in [0.717, 1.165) is 0 Å². The van der Waals surface area contributed by atoms with E-state index >= 15 is 0 Å². The predicted molar refractivity (Wildman–Crippen MR) is 114 cm³/mol. The van der Waals surface area contributed by atoms with Crippen LogP contribution in [0.3, 0.4) is 0 Å². The fourth-order valence-corrected chi connectivity index (χ4v) is 0.925. The molecule has 0 saturated carbocycles. The Labute approximate surface area is 212 Å². The van der Waals surface area contributed by atoms with Crippen LogP contribution in [0.2, 0.25) is 0 Å². The van der Waals surface area contributed by atoms with Crippen molar-refractivity contribution in [2.45, 2.75) is 77.7 Å². The summed E-state index contributed by atoms with van der Waals surface area (Å²) in [5.74, 6) is -5.41. The monoisotopic (exact) mass is 535 g/mol. The molecule has 0 bridgehead atoms. The van der Waals surface area contributed by atoms with Crippen molar-refractivity contribution in [1.82, 2.24) is 0 Å². The summed E-state index contributed by atoms with van der Waals surface area (Å²) in [6, 6.07) is 0. The van der Waals surface area contributed by atoms with Crippen molar-refractivity contribution in [3.05, 3.63) is 0 Å². The fourth-order valence-electron chi connectivity index (χ4n) is 0.925. The summed E-state index contributed by atoms with van der Waals surface area (Å²) < 4.78 is 12.9. The number of carboxylic acid groups (broad SMARTS) is 2. The Morgan fingerprint density at radius 2 is 0.903 bits per heavy atom. The first-order valence-electron chi connectivity index (χ1n) is 6.48. The van der Waals surface area contributed by atoms with Crippen LogP contribution >= 0.6 is 0 Å². The molecular formula is C19H42O11Y. The minimum absolute atomic E-state index is 0. The standard InChI is InChI=1S/C8H10O7.C5H8O4.6CH4.Y/c1-5(9)2-7(12)14-4-15-8(13)3-6(10)11;1-2-9-5(8)3-4(6)7;;;;;;;/h2-4H2,1H3,(H,10,11);2-3H2,1H3,(H,6,7);6*1H4;. The SMILES string of the molecule is C.C.C.C.C.C.CC(=O)CC(=O)OCOC(=O)CC(=O)O.CCOC(=O)CC(=O)O.[Y]. The van der Waals surface area contributed by atoms with Gasteiger partial charge in [0.2, 0.25) is 6.79 Å². The summed E-state index contributed by atoms with van der Waals surface area (Å²) in [7, 11) is 0. The molecule has 0 rings (SSSR count). The van der Waals surface area contributed by atoms with Crippen molar-refractivity contribution in [3.63, 3.8) is 0 Å². The summed E-state index contributed by atoms with van der Waals surface area (Å²) in [6.45, 7) is 2.38. The number of carbonyl (C=O) groups excluding carboxylic acids is 4. The first-order chi connectivity index (χ1) is 11.1. The number of aliphatic carboxylic acids is 2. The Bertz CT molecular complexity index is 463.